The maximum Gasteiger partial charge on any atom is 0.330 e. The standard InChI is InChI=1S/C30H42O6/c1-20-16-21(2)18-26(32)30-28(36-30)19-27(25(31)15-14-22-8-4-3-5-9-22)35-29(33)13-7-11-23-10-6-12-24(17-20)34-23/h4,6-8,10,13-15,20,22-28,30-32H,2-3,5,9,11-12,16-19H2,1H3/b13-7-,15-14+/t20-,22?,23-,24-,25-,26-,27?,28-,30-/m0/s1. The van der Waals surface area contributed by atoms with E-state index in [2.05, 4.69) is 31.7 Å². The first-order valence-corrected chi connectivity index (χ1v) is 13.6. The minimum absolute atomic E-state index is 0.0719. The highest BCUT2D eigenvalue weighted by Crippen LogP contribution is 2.35. The maximum atomic E-state index is 12.6. The number of cyclic esters (lactones) is 1. The molecule has 1 aliphatic carbocycles. The van der Waals surface area contributed by atoms with E-state index in [9.17, 15) is 15.0 Å². The van der Waals surface area contributed by atoms with E-state index in [0.717, 1.165) is 44.1 Å². The molecular formula is C30H42O6. The molecule has 2 bridgehead atoms. The van der Waals surface area contributed by atoms with E-state index in [-0.39, 0.29) is 30.3 Å². The molecule has 0 aromatic rings. The Kier molecular flexibility index (Phi) is 9.77. The average molecular weight is 499 g/mol. The molecule has 0 aromatic heterocycles. The highest BCUT2D eigenvalue weighted by atomic mass is 16.6. The van der Waals surface area contributed by atoms with Crippen molar-refractivity contribution in [1.29, 1.82) is 0 Å². The lowest BCUT2D eigenvalue weighted by Crippen LogP contribution is -2.32. The zero-order valence-corrected chi connectivity index (χ0v) is 21.4. The Balaban J connectivity index is 1.45. The molecule has 1 fully saturated rings. The van der Waals surface area contributed by atoms with Gasteiger partial charge >= 0.3 is 5.97 Å². The van der Waals surface area contributed by atoms with Crippen LogP contribution in [0.4, 0.5) is 0 Å². The largest absolute Gasteiger partial charge is 0.456 e. The van der Waals surface area contributed by atoms with Gasteiger partial charge in [-0.1, -0.05) is 61.6 Å². The van der Waals surface area contributed by atoms with Crippen molar-refractivity contribution in [3.05, 3.63) is 60.8 Å². The van der Waals surface area contributed by atoms with E-state index in [1.165, 1.54) is 6.08 Å². The lowest BCUT2D eigenvalue weighted by atomic mass is 9.90. The van der Waals surface area contributed by atoms with Crippen LogP contribution in [-0.2, 0) is 19.0 Å². The lowest BCUT2D eigenvalue weighted by molar-refractivity contribution is -0.148. The zero-order valence-electron chi connectivity index (χ0n) is 21.4. The van der Waals surface area contributed by atoms with E-state index in [1.807, 2.05) is 12.2 Å². The first-order chi connectivity index (χ1) is 17.4. The number of allylic oxidation sites excluding steroid dienone is 3. The van der Waals surface area contributed by atoms with Gasteiger partial charge in [0.15, 0.2) is 0 Å². The summed E-state index contributed by atoms with van der Waals surface area (Å²) in [5.74, 6) is 0.186. The normalized spacial score (nSPS) is 40.1. The van der Waals surface area contributed by atoms with Crippen molar-refractivity contribution in [1.82, 2.24) is 0 Å². The Labute approximate surface area is 215 Å². The lowest BCUT2D eigenvalue weighted by Gasteiger charge is -2.28. The van der Waals surface area contributed by atoms with E-state index in [1.54, 1.807) is 12.2 Å². The van der Waals surface area contributed by atoms with Gasteiger partial charge in [-0.15, -0.1) is 0 Å². The van der Waals surface area contributed by atoms with Gasteiger partial charge in [-0.25, -0.2) is 4.79 Å². The highest BCUT2D eigenvalue weighted by molar-refractivity contribution is 5.82. The number of aliphatic hydroxyl groups is 2. The predicted octanol–water partition coefficient (Wildman–Crippen LogP) is 4.73. The summed E-state index contributed by atoms with van der Waals surface area (Å²) in [6.45, 7) is 6.39. The van der Waals surface area contributed by atoms with E-state index in [4.69, 9.17) is 14.2 Å². The van der Waals surface area contributed by atoms with Gasteiger partial charge in [-0.2, -0.15) is 0 Å². The van der Waals surface area contributed by atoms with Crippen LogP contribution in [0.25, 0.3) is 0 Å². The van der Waals surface area contributed by atoms with Crippen LogP contribution in [0.3, 0.4) is 0 Å². The van der Waals surface area contributed by atoms with Crippen LogP contribution in [0.5, 0.6) is 0 Å². The van der Waals surface area contributed by atoms with Crippen molar-refractivity contribution in [2.75, 3.05) is 0 Å². The van der Waals surface area contributed by atoms with Crippen LogP contribution in [0, 0.1) is 11.8 Å². The SMILES string of the molecule is C=C1C[C@H](C)C[C@@H]2CC=C[C@@H](C/C=C\C(=O)OC([C@@H](O)/C=C/C3C=CCCC3)C[C@@H]3O[C@H]3[C@@H](O)C1)O2. The fourth-order valence-electron chi connectivity index (χ4n) is 5.57. The molecule has 36 heavy (non-hydrogen) atoms. The van der Waals surface area contributed by atoms with Crippen molar-refractivity contribution in [3.63, 3.8) is 0 Å². The second-order valence-electron chi connectivity index (χ2n) is 10.9. The van der Waals surface area contributed by atoms with Gasteiger partial charge in [0.25, 0.3) is 0 Å². The smallest absolute Gasteiger partial charge is 0.330 e. The number of ether oxygens (including phenoxy) is 3. The first-order valence-electron chi connectivity index (χ1n) is 13.6. The number of aliphatic hydroxyl groups excluding tert-OH is 2. The molecule has 198 valence electrons. The minimum atomic E-state index is -0.952. The molecule has 9 atom stereocenters. The number of carbonyl (C=O) groups is 1. The number of carbonyl (C=O) groups excluding carboxylic acids is 1. The number of esters is 1. The van der Waals surface area contributed by atoms with Gasteiger partial charge in [0.1, 0.15) is 18.3 Å². The molecule has 4 rings (SSSR count). The summed E-state index contributed by atoms with van der Waals surface area (Å²) in [6, 6.07) is 0. The maximum absolute atomic E-state index is 12.6. The highest BCUT2D eigenvalue weighted by Gasteiger charge is 2.46. The summed E-state index contributed by atoms with van der Waals surface area (Å²) in [5.41, 5.74) is 1.00. The van der Waals surface area contributed by atoms with E-state index >= 15 is 0 Å². The van der Waals surface area contributed by atoms with E-state index < -0.39 is 24.3 Å². The Morgan fingerprint density at radius 2 is 1.97 bits per heavy atom. The third-order valence-electron chi connectivity index (χ3n) is 7.50. The Bertz CT molecular complexity index is 873. The van der Waals surface area contributed by atoms with Crippen LogP contribution >= 0.6 is 0 Å². The van der Waals surface area contributed by atoms with Crippen LogP contribution in [-0.4, -0.2) is 58.9 Å². The van der Waals surface area contributed by atoms with Crippen molar-refractivity contribution in [2.45, 2.75) is 107 Å². The van der Waals surface area contributed by atoms with Crippen LogP contribution in [0.15, 0.2) is 60.8 Å². The van der Waals surface area contributed by atoms with Crippen LogP contribution in [0.1, 0.15) is 64.7 Å². The number of hydrogen-bond donors (Lipinski definition) is 2. The molecule has 3 aliphatic heterocycles. The molecule has 0 saturated carbocycles. The van der Waals surface area contributed by atoms with Crippen LogP contribution in [0.2, 0.25) is 0 Å². The third kappa shape index (κ3) is 8.27. The molecule has 4 aliphatic rings. The molecule has 3 heterocycles. The zero-order chi connectivity index (χ0) is 25.5. The van der Waals surface area contributed by atoms with Gasteiger partial charge in [-0.05, 0) is 63.2 Å². The van der Waals surface area contributed by atoms with Crippen molar-refractivity contribution in [2.24, 2.45) is 11.8 Å². The van der Waals surface area contributed by atoms with Gasteiger partial charge < -0.3 is 24.4 Å². The first kappa shape index (κ1) is 27.1. The summed E-state index contributed by atoms with van der Waals surface area (Å²) in [6.07, 6.45) is 19.8. The Morgan fingerprint density at radius 3 is 2.78 bits per heavy atom. The monoisotopic (exact) mass is 498 g/mol. The summed E-state index contributed by atoms with van der Waals surface area (Å²) >= 11 is 0. The topological polar surface area (TPSA) is 88.5 Å². The Hall–Kier alpha value is -1.99. The van der Waals surface area contributed by atoms with Crippen molar-refractivity contribution >= 4 is 5.97 Å². The average Bonchev–Trinajstić information content (AvgIpc) is 3.62. The number of rotatable bonds is 3. The molecule has 0 spiro atoms. The van der Waals surface area contributed by atoms with Crippen molar-refractivity contribution in [3.8, 4) is 0 Å². The number of epoxide rings is 1. The number of fused-ring (bicyclic) bond motifs is 3. The molecular weight excluding hydrogens is 456 g/mol. The fraction of sp³-hybridized carbons (Fsp3) is 0.633. The molecule has 6 heteroatoms. The van der Waals surface area contributed by atoms with Gasteiger partial charge in [0.2, 0.25) is 0 Å². The van der Waals surface area contributed by atoms with Gasteiger partial charge in [0, 0.05) is 12.5 Å². The summed E-state index contributed by atoms with van der Waals surface area (Å²) < 4.78 is 17.7. The fourth-order valence-corrected chi connectivity index (χ4v) is 5.57. The van der Waals surface area contributed by atoms with E-state index in [0.29, 0.717) is 25.2 Å². The molecule has 0 aromatic carbocycles. The molecule has 0 radical (unpaired) electrons. The number of hydrogen-bond acceptors (Lipinski definition) is 6. The quantitative estimate of drug-likeness (QED) is 0.332. The predicted molar refractivity (Wildman–Crippen MR) is 139 cm³/mol. The van der Waals surface area contributed by atoms with Crippen LogP contribution < -0.4 is 0 Å². The molecule has 2 unspecified atom stereocenters. The van der Waals surface area contributed by atoms with Crippen molar-refractivity contribution < 1.29 is 29.2 Å². The molecule has 2 N–H and O–H groups in total. The molecule has 0 amide bonds. The summed E-state index contributed by atoms with van der Waals surface area (Å²) in [4.78, 5) is 12.6. The molecule has 6 nitrogen and oxygen atoms in total. The molecule has 1 saturated heterocycles. The second kappa shape index (κ2) is 13.0. The third-order valence-corrected chi connectivity index (χ3v) is 7.50. The van der Waals surface area contributed by atoms with Gasteiger partial charge in [-0.3, -0.25) is 0 Å². The second-order valence-corrected chi connectivity index (χ2v) is 10.9. The summed E-state index contributed by atoms with van der Waals surface area (Å²) in [5, 5.41) is 21.6. The minimum Gasteiger partial charge on any atom is -0.456 e. The Morgan fingerprint density at radius 1 is 1.11 bits per heavy atom. The summed E-state index contributed by atoms with van der Waals surface area (Å²) in [7, 11) is 0. The van der Waals surface area contributed by atoms with Gasteiger partial charge in [0.05, 0.1) is 24.4 Å².